The molecule has 1 aliphatic rings. The fourth-order valence-corrected chi connectivity index (χ4v) is 4.44. The molecule has 0 unspecified atom stereocenters. The molecule has 0 atom stereocenters. The van der Waals surface area contributed by atoms with Crippen LogP contribution in [0, 0.1) is 0 Å². The van der Waals surface area contributed by atoms with Crippen LogP contribution >= 0.6 is 11.6 Å². The van der Waals surface area contributed by atoms with E-state index >= 15 is 0 Å². The molecule has 0 bridgehead atoms. The lowest BCUT2D eigenvalue weighted by Crippen LogP contribution is -2.29. The van der Waals surface area contributed by atoms with Crippen molar-refractivity contribution in [2.45, 2.75) is 45.1 Å². The van der Waals surface area contributed by atoms with Crippen molar-refractivity contribution in [3.05, 3.63) is 59.2 Å². The number of aromatic nitrogens is 1. The van der Waals surface area contributed by atoms with E-state index in [1.165, 1.54) is 37.9 Å². The van der Waals surface area contributed by atoms with Crippen molar-refractivity contribution < 1.29 is 14.2 Å². The topological polar surface area (TPSA) is 43.8 Å². The average molecular weight is 469 g/mol. The van der Waals surface area contributed by atoms with Crippen LogP contribution in [0.4, 0.5) is 0 Å². The fourth-order valence-electron chi connectivity index (χ4n) is 4.27. The standard InChI is InChI=1S/C27H33ClN2O3/c1-31-27-18-21(20-30-14-4-2-5-15-30)8-11-26(27)33-17-7-3-6-16-32-25-12-13-29-24-19-22(28)9-10-23(24)25/h8-13,18-19H,2-7,14-17,20H2,1H3. The fraction of sp³-hybridized carbons (Fsp3) is 0.444. The highest BCUT2D eigenvalue weighted by Gasteiger charge is 2.12. The molecule has 1 fully saturated rings. The molecule has 0 radical (unpaired) electrons. The molecule has 5 nitrogen and oxygen atoms in total. The van der Waals surface area contributed by atoms with E-state index in [1.54, 1.807) is 13.3 Å². The number of fused-ring (bicyclic) bond motifs is 1. The lowest BCUT2D eigenvalue weighted by Gasteiger charge is -2.26. The van der Waals surface area contributed by atoms with E-state index in [9.17, 15) is 0 Å². The number of pyridine rings is 1. The van der Waals surface area contributed by atoms with Gasteiger partial charge in [-0.15, -0.1) is 0 Å². The van der Waals surface area contributed by atoms with E-state index in [1.807, 2.05) is 30.3 Å². The van der Waals surface area contributed by atoms with Gasteiger partial charge in [-0.1, -0.05) is 24.1 Å². The molecule has 4 rings (SSSR count). The molecule has 0 aliphatic carbocycles. The van der Waals surface area contributed by atoms with Gasteiger partial charge in [-0.05, 0) is 87.2 Å². The first-order valence-corrected chi connectivity index (χ1v) is 12.3. The summed E-state index contributed by atoms with van der Waals surface area (Å²) in [6, 6.07) is 13.9. The van der Waals surface area contributed by atoms with Gasteiger partial charge in [0, 0.05) is 23.2 Å². The van der Waals surface area contributed by atoms with E-state index in [4.69, 9.17) is 25.8 Å². The molecule has 2 aromatic carbocycles. The number of unbranched alkanes of at least 4 members (excludes halogenated alkanes) is 2. The molecule has 0 N–H and O–H groups in total. The van der Waals surface area contributed by atoms with Gasteiger partial charge in [0.25, 0.3) is 0 Å². The number of ether oxygens (including phenoxy) is 3. The van der Waals surface area contributed by atoms with Crippen molar-refractivity contribution in [3.63, 3.8) is 0 Å². The van der Waals surface area contributed by atoms with Crippen molar-refractivity contribution >= 4 is 22.5 Å². The van der Waals surface area contributed by atoms with Gasteiger partial charge in [0.1, 0.15) is 5.75 Å². The highest BCUT2D eigenvalue weighted by molar-refractivity contribution is 6.31. The van der Waals surface area contributed by atoms with Crippen LogP contribution in [0.25, 0.3) is 10.9 Å². The smallest absolute Gasteiger partial charge is 0.161 e. The number of benzene rings is 2. The molecule has 2 heterocycles. The summed E-state index contributed by atoms with van der Waals surface area (Å²) in [5.74, 6) is 2.48. The van der Waals surface area contributed by atoms with Crippen LogP contribution in [-0.4, -0.2) is 43.3 Å². The number of halogens is 1. The maximum absolute atomic E-state index is 6.05. The molecule has 0 spiro atoms. The molecule has 0 amide bonds. The first kappa shape index (κ1) is 23.7. The molecule has 1 saturated heterocycles. The first-order chi connectivity index (χ1) is 16.2. The minimum absolute atomic E-state index is 0.663. The van der Waals surface area contributed by atoms with E-state index in [0.717, 1.165) is 54.0 Å². The Kier molecular flexibility index (Phi) is 8.67. The molecule has 176 valence electrons. The zero-order chi connectivity index (χ0) is 22.9. The molecule has 6 heteroatoms. The molecule has 33 heavy (non-hydrogen) atoms. The quantitative estimate of drug-likeness (QED) is 0.300. The summed E-state index contributed by atoms with van der Waals surface area (Å²) in [4.78, 5) is 6.87. The van der Waals surface area contributed by atoms with Crippen molar-refractivity contribution in [2.75, 3.05) is 33.4 Å². The van der Waals surface area contributed by atoms with Gasteiger partial charge in [-0.2, -0.15) is 0 Å². The van der Waals surface area contributed by atoms with Crippen LogP contribution in [0.1, 0.15) is 44.1 Å². The number of methoxy groups -OCH3 is 1. The molecule has 3 aromatic rings. The Balaban J connectivity index is 1.18. The second kappa shape index (κ2) is 12.1. The number of likely N-dealkylation sites (tertiary alicyclic amines) is 1. The van der Waals surface area contributed by atoms with Gasteiger partial charge in [-0.3, -0.25) is 9.88 Å². The first-order valence-electron chi connectivity index (χ1n) is 11.9. The van der Waals surface area contributed by atoms with E-state index in [2.05, 4.69) is 22.0 Å². The monoisotopic (exact) mass is 468 g/mol. The number of hydrogen-bond acceptors (Lipinski definition) is 5. The Morgan fingerprint density at radius 2 is 1.64 bits per heavy atom. The maximum Gasteiger partial charge on any atom is 0.161 e. The van der Waals surface area contributed by atoms with Crippen molar-refractivity contribution in [1.82, 2.24) is 9.88 Å². The SMILES string of the molecule is COc1cc(CN2CCCCC2)ccc1OCCCCCOc1ccnc2cc(Cl)ccc12. The Morgan fingerprint density at radius 3 is 2.42 bits per heavy atom. The van der Waals surface area contributed by atoms with Crippen LogP contribution in [0.5, 0.6) is 17.2 Å². The number of nitrogens with zero attached hydrogens (tertiary/aromatic N) is 2. The van der Waals surface area contributed by atoms with Crippen LogP contribution in [0.2, 0.25) is 5.02 Å². The van der Waals surface area contributed by atoms with Gasteiger partial charge < -0.3 is 14.2 Å². The third-order valence-electron chi connectivity index (χ3n) is 6.05. The van der Waals surface area contributed by atoms with Gasteiger partial charge in [-0.25, -0.2) is 0 Å². The summed E-state index contributed by atoms with van der Waals surface area (Å²) in [6.07, 6.45) is 8.68. The van der Waals surface area contributed by atoms with Gasteiger partial charge >= 0.3 is 0 Å². The zero-order valence-electron chi connectivity index (χ0n) is 19.4. The van der Waals surface area contributed by atoms with Gasteiger partial charge in [0.15, 0.2) is 11.5 Å². The molecular formula is C27H33ClN2O3. The van der Waals surface area contributed by atoms with E-state index in [0.29, 0.717) is 18.2 Å². The Bertz CT molecular complexity index is 1040. The Morgan fingerprint density at radius 1 is 0.848 bits per heavy atom. The lowest BCUT2D eigenvalue weighted by molar-refractivity contribution is 0.220. The molecule has 1 aromatic heterocycles. The molecule has 1 aliphatic heterocycles. The minimum Gasteiger partial charge on any atom is -0.493 e. The highest BCUT2D eigenvalue weighted by atomic mass is 35.5. The normalized spacial score (nSPS) is 14.4. The van der Waals surface area contributed by atoms with E-state index in [-0.39, 0.29) is 0 Å². The Hall–Kier alpha value is -2.50. The molecule has 0 saturated carbocycles. The third kappa shape index (κ3) is 6.75. The second-order valence-electron chi connectivity index (χ2n) is 8.55. The third-order valence-corrected chi connectivity index (χ3v) is 6.29. The van der Waals surface area contributed by atoms with Crippen LogP contribution in [-0.2, 0) is 6.54 Å². The molecular weight excluding hydrogens is 436 g/mol. The van der Waals surface area contributed by atoms with Crippen molar-refractivity contribution in [3.8, 4) is 17.2 Å². The predicted molar refractivity (Wildman–Crippen MR) is 134 cm³/mol. The summed E-state index contributed by atoms with van der Waals surface area (Å²) in [5, 5.41) is 1.67. The van der Waals surface area contributed by atoms with Crippen molar-refractivity contribution in [1.29, 1.82) is 0 Å². The lowest BCUT2D eigenvalue weighted by atomic mass is 10.1. The number of hydrogen-bond donors (Lipinski definition) is 0. The van der Waals surface area contributed by atoms with E-state index < -0.39 is 0 Å². The predicted octanol–water partition coefficient (Wildman–Crippen LogP) is 6.51. The minimum atomic E-state index is 0.663. The maximum atomic E-state index is 6.05. The highest BCUT2D eigenvalue weighted by Crippen LogP contribution is 2.29. The van der Waals surface area contributed by atoms with Crippen LogP contribution < -0.4 is 14.2 Å². The summed E-state index contributed by atoms with van der Waals surface area (Å²) >= 11 is 6.05. The zero-order valence-corrected chi connectivity index (χ0v) is 20.2. The number of piperidine rings is 1. The Labute approximate surface area is 201 Å². The van der Waals surface area contributed by atoms with Crippen LogP contribution in [0.3, 0.4) is 0 Å². The summed E-state index contributed by atoms with van der Waals surface area (Å²) in [6.45, 7) is 4.69. The van der Waals surface area contributed by atoms with Gasteiger partial charge in [0.05, 0.1) is 25.8 Å². The summed E-state index contributed by atoms with van der Waals surface area (Å²) < 4.78 is 17.6. The largest absolute Gasteiger partial charge is 0.493 e. The summed E-state index contributed by atoms with van der Waals surface area (Å²) in [5.41, 5.74) is 2.13. The average Bonchev–Trinajstić information content (AvgIpc) is 2.84. The summed E-state index contributed by atoms with van der Waals surface area (Å²) in [7, 11) is 1.71. The van der Waals surface area contributed by atoms with Crippen LogP contribution in [0.15, 0.2) is 48.7 Å². The number of rotatable bonds is 11. The van der Waals surface area contributed by atoms with Crippen molar-refractivity contribution in [2.24, 2.45) is 0 Å². The van der Waals surface area contributed by atoms with Gasteiger partial charge in [0.2, 0.25) is 0 Å². The second-order valence-corrected chi connectivity index (χ2v) is 8.99.